The largest absolute Gasteiger partial charge is 0.496 e. The first-order chi connectivity index (χ1) is 16.8. The molecule has 168 valence electrons. The van der Waals surface area contributed by atoms with Gasteiger partial charge in [0.15, 0.2) is 5.65 Å². The van der Waals surface area contributed by atoms with Crippen molar-refractivity contribution in [2.45, 2.75) is 18.9 Å². The number of hydrogen-bond acceptors (Lipinski definition) is 7. The lowest BCUT2D eigenvalue weighted by molar-refractivity contribution is 0.0708. The maximum absolute atomic E-state index is 9.33. The number of ether oxygens (including phenoxy) is 2. The van der Waals surface area contributed by atoms with Crippen LogP contribution in [0.3, 0.4) is 0 Å². The highest BCUT2D eigenvalue weighted by Crippen LogP contribution is 2.36. The van der Waals surface area contributed by atoms with E-state index in [2.05, 4.69) is 20.6 Å². The quantitative estimate of drug-likeness (QED) is 0.406. The molecule has 0 unspecified atom stereocenters. The zero-order valence-electron chi connectivity index (χ0n) is 18.5. The molecule has 6 rings (SSSR count). The Morgan fingerprint density at radius 2 is 1.91 bits per heavy atom. The van der Waals surface area contributed by atoms with Crippen LogP contribution in [0.25, 0.3) is 39.5 Å². The zero-order chi connectivity index (χ0) is 23.1. The van der Waals surface area contributed by atoms with Gasteiger partial charge in [0.05, 0.1) is 41.5 Å². The monoisotopic (exact) mass is 451 g/mol. The van der Waals surface area contributed by atoms with Crippen molar-refractivity contribution in [3.8, 4) is 29.2 Å². The van der Waals surface area contributed by atoms with Crippen LogP contribution in [0.5, 0.6) is 5.75 Å². The molecule has 0 saturated carbocycles. The van der Waals surface area contributed by atoms with Crippen molar-refractivity contribution < 1.29 is 9.47 Å². The Kier molecular flexibility index (Phi) is 4.93. The van der Waals surface area contributed by atoms with E-state index in [9.17, 15) is 5.26 Å². The van der Waals surface area contributed by atoms with Crippen LogP contribution in [0.15, 0.2) is 55.0 Å². The van der Waals surface area contributed by atoms with E-state index < -0.39 is 0 Å². The number of imidazole rings is 2. The van der Waals surface area contributed by atoms with Gasteiger partial charge in [-0.15, -0.1) is 0 Å². The molecule has 9 nitrogen and oxygen atoms in total. The maximum atomic E-state index is 9.33. The second kappa shape index (κ2) is 8.24. The van der Waals surface area contributed by atoms with Gasteiger partial charge in [-0.25, -0.2) is 15.0 Å². The molecular weight excluding hydrogens is 430 g/mol. The molecule has 34 heavy (non-hydrogen) atoms. The predicted octanol–water partition coefficient (Wildman–Crippen LogP) is 4.06. The summed E-state index contributed by atoms with van der Waals surface area (Å²) in [5.41, 5.74) is 4.47. The molecule has 1 saturated heterocycles. The third-order valence-corrected chi connectivity index (χ3v) is 6.22. The summed E-state index contributed by atoms with van der Waals surface area (Å²) in [7, 11) is 1.66. The van der Waals surface area contributed by atoms with E-state index in [1.807, 2.05) is 30.3 Å². The van der Waals surface area contributed by atoms with Crippen molar-refractivity contribution in [2.24, 2.45) is 0 Å². The van der Waals surface area contributed by atoms with E-state index >= 15 is 0 Å². The molecule has 3 aromatic heterocycles. The van der Waals surface area contributed by atoms with Crippen LogP contribution >= 0.6 is 0 Å². The minimum atomic E-state index is 0.186. The molecular formula is C25H21N7O2. The van der Waals surface area contributed by atoms with Crippen LogP contribution in [-0.4, -0.2) is 49.4 Å². The summed E-state index contributed by atoms with van der Waals surface area (Å²) in [6.45, 7) is 1.38. The van der Waals surface area contributed by atoms with Crippen molar-refractivity contribution in [1.29, 1.82) is 5.26 Å². The summed E-state index contributed by atoms with van der Waals surface area (Å²) < 4.78 is 15.3. The van der Waals surface area contributed by atoms with Crippen LogP contribution < -0.4 is 4.74 Å². The summed E-state index contributed by atoms with van der Waals surface area (Å²) in [5.74, 6) is 2.03. The van der Waals surface area contributed by atoms with Gasteiger partial charge >= 0.3 is 0 Å². The van der Waals surface area contributed by atoms with E-state index in [-0.39, 0.29) is 6.04 Å². The van der Waals surface area contributed by atoms with Crippen molar-refractivity contribution in [1.82, 2.24) is 29.1 Å². The molecule has 9 heteroatoms. The zero-order valence-corrected chi connectivity index (χ0v) is 18.5. The molecule has 1 fully saturated rings. The van der Waals surface area contributed by atoms with Crippen LogP contribution in [-0.2, 0) is 4.74 Å². The predicted molar refractivity (Wildman–Crippen MR) is 126 cm³/mol. The highest BCUT2D eigenvalue weighted by molar-refractivity contribution is 5.81. The molecule has 1 aliphatic heterocycles. The Labute approximate surface area is 195 Å². The van der Waals surface area contributed by atoms with E-state index in [4.69, 9.17) is 19.4 Å². The number of para-hydroxylation sites is 1. The van der Waals surface area contributed by atoms with E-state index in [0.29, 0.717) is 30.2 Å². The van der Waals surface area contributed by atoms with Crippen molar-refractivity contribution in [2.75, 3.05) is 20.3 Å². The first-order valence-corrected chi connectivity index (χ1v) is 11.1. The third kappa shape index (κ3) is 3.27. The van der Waals surface area contributed by atoms with E-state index in [1.54, 1.807) is 36.3 Å². The van der Waals surface area contributed by atoms with Gasteiger partial charge in [-0.2, -0.15) is 10.2 Å². The minimum absolute atomic E-state index is 0.186. The van der Waals surface area contributed by atoms with Crippen molar-refractivity contribution in [3.05, 3.63) is 60.6 Å². The maximum Gasteiger partial charge on any atom is 0.237 e. The molecule has 0 aliphatic carbocycles. The lowest BCUT2D eigenvalue weighted by Gasteiger charge is -2.25. The van der Waals surface area contributed by atoms with E-state index in [0.717, 1.165) is 46.7 Å². The summed E-state index contributed by atoms with van der Waals surface area (Å²) in [4.78, 5) is 18.9. The lowest BCUT2D eigenvalue weighted by atomic mass is 10.1. The van der Waals surface area contributed by atoms with Gasteiger partial charge < -0.3 is 14.0 Å². The SMILES string of the molecule is COc1ccccc1-c1nc2cnc(-n3cnc4ccc(C#N)cc43)nc2n1C1CCOCC1. The number of methoxy groups -OCH3 is 1. The molecule has 0 N–H and O–H groups in total. The summed E-state index contributed by atoms with van der Waals surface area (Å²) in [5, 5.41) is 9.33. The fourth-order valence-electron chi connectivity index (χ4n) is 4.54. The molecule has 0 bridgehead atoms. The summed E-state index contributed by atoms with van der Waals surface area (Å²) in [6, 6.07) is 15.6. The Balaban J connectivity index is 1.58. The number of aromatic nitrogens is 6. The van der Waals surface area contributed by atoms with Gasteiger partial charge in [-0.05, 0) is 43.2 Å². The Morgan fingerprint density at radius 3 is 2.74 bits per heavy atom. The Hall–Kier alpha value is -4.29. The van der Waals surface area contributed by atoms with Crippen molar-refractivity contribution in [3.63, 3.8) is 0 Å². The van der Waals surface area contributed by atoms with Gasteiger partial charge in [0, 0.05) is 19.3 Å². The number of fused-ring (bicyclic) bond motifs is 2. The molecule has 1 aliphatic rings. The van der Waals surface area contributed by atoms with Gasteiger partial charge in [0.25, 0.3) is 0 Å². The molecule has 0 radical (unpaired) electrons. The van der Waals surface area contributed by atoms with E-state index in [1.165, 1.54) is 0 Å². The molecule has 4 heterocycles. The van der Waals surface area contributed by atoms with Crippen LogP contribution in [0.2, 0.25) is 0 Å². The lowest BCUT2D eigenvalue weighted by Crippen LogP contribution is -2.21. The Bertz CT molecular complexity index is 1560. The molecule has 0 atom stereocenters. The second-order valence-corrected chi connectivity index (χ2v) is 8.16. The number of hydrogen-bond donors (Lipinski definition) is 0. The third-order valence-electron chi connectivity index (χ3n) is 6.22. The first kappa shape index (κ1) is 20.3. The van der Waals surface area contributed by atoms with Gasteiger partial charge in [0.2, 0.25) is 5.95 Å². The van der Waals surface area contributed by atoms with Gasteiger partial charge in [0.1, 0.15) is 23.4 Å². The minimum Gasteiger partial charge on any atom is -0.496 e. The Morgan fingerprint density at radius 1 is 1.06 bits per heavy atom. The summed E-state index contributed by atoms with van der Waals surface area (Å²) >= 11 is 0. The molecule has 0 spiro atoms. The second-order valence-electron chi connectivity index (χ2n) is 8.16. The van der Waals surface area contributed by atoms with Crippen molar-refractivity contribution >= 4 is 22.2 Å². The van der Waals surface area contributed by atoms with Crippen LogP contribution in [0.4, 0.5) is 0 Å². The summed E-state index contributed by atoms with van der Waals surface area (Å²) in [6.07, 6.45) is 5.16. The highest BCUT2D eigenvalue weighted by atomic mass is 16.5. The topological polar surface area (TPSA) is 104 Å². The average molecular weight is 451 g/mol. The first-order valence-electron chi connectivity index (χ1n) is 11.1. The van der Waals surface area contributed by atoms with Gasteiger partial charge in [-0.1, -0.05) is 12.1 Å². The number of nitriles is 1. The smallest absolute Gasteiger partial charge is 0.237 e. The number of benzene rings is 2. The molecule has 0 amide bonds. The molecule has 5 aromatic rings. The fraction of sp³-hybridized carbons (Fsp3) is 0.240. The number of rotatable bonds is 4. The van der Waals surface area contributed by atoms with Gasteiger partial charge in [-0.3, -0.25) is 4.57 Å². The highest BCUT2D eigenvalue weighted by Gasteiger charge is 2.25. The number of nitrogens with zero attached hydrogens (tertiary/aromatic N) is 7. The normalized spacial score (nSPS) is 14.5. The van der Waals surface area contributed by atoms with Crippen LogP contribution in [0.1, 0.15) is 24.4 Å². The fourth-order valence-corrected chi connectivity index (χ4v) is 4.54. The van der Waals surface area contributed by atoms with Crippen LogP contribution in [0, 0.1) is 11.3 Å². The standard InChI is InChI=1S/C25H21N7O2/c1-33-22-5-3-2-4-18(22)23-29-20-14-27-25(30-24(20)32(23)17-8-10-34-11-9-17)31-15-28-19-7-6-16(13-26)12-21(19)31/h2-7,12,14-15,17H,8-11H2,1H3. The molecule has 2 aromatic carbocycles. The average Bonchev–Trinajstić information content (AvgIpc) is 3.49.